The molecule has 39 heavy (non-hydrogen) atoms. The van der Waals surface area contributed by atoms with Crippen LogP contribution in [0.1, 0.15) is 29.7 Å². The first-order valence-corrected chi connectivity index (χ1v) is 12.3. The highest BCUT2D eigenvalue weighted by Crippen LogP contribution is 2.43. The minimum Gasteiger partial charge on any atom is -0.489 e. The van der Waals surface area contributed by atoms with Gasteiger partial charge in [-0.25, -0.2) is 9.59 Å². The molecule has 2 aromatic carbocycles. The molecule has 1 atom stereocenters. The van der Waals surface area contributed by atoms with Gasteiger partial charge in [-0.15, -0.1) is 0 Å². The summed E-state index contributed by atoms with van der Waals surface area (Å²) in [5, 5.41) is 14.5. The second-order valence-corrected chi connectivity index (χ2v) is 8.69. The first-order valence-electron chi connectivity index (χ1n) is 12.3. The number of rotatable bonds is 8. The molecule has 0 saturated carbocycles. The number of anilines is 1. The lowest BCUT2D eigenvalue weighted by Crippen LogP contribution is -2.40. The molecule has 200 valence electrons. The van der Waals surface area contributed by atoms with Crippen molar-refractivity contribution in [1.29, 1.82) is 5.26 Å². The highest BCUT2D eigenvalue weighted by Gasteiger charge is 2.42. The minimum absolute atomic E-state index is 0.00400. The van der Waals surface area contributed by atoms with E-state index in [0.717, 1.165) is 17.8 Å². The van der Waals surface area contributed by atoms with Gasteiger partial charge in [0.15, 0.2) is 0 Å². The summed E-state index contributed by atoms with van der Waals surface area (Å²) in [5.74, 6) is -1.95. The molecule has 10 nitrogen and oxygen atoms in total. The van der Waals surface area contributed by atoms with Crippen LogP contribution in [0, 0.1) is 18.3 Å². The maximum Gasteiger partial charge on any atom is 0.355 e. The van der Waals surface area contributed by atoms with Crippen molar-refractivity contribution in [1.82, 2.24) is 9.78 Å². The van der Waals surface area contributed by atoms with Gasteiger partial charge in [-0.05, 0) is 43.7 Å². The number of aryl methyl sites for hydroxylation is 1. The number of aromatic nitrogens is 2. The SMILES string of the molecule is CCn1ncc(COc2ccc(N3C(N)=C(C#N)C(c4ccccc4)C(C(=O)OC)=C3C(=O)OC)cc2)c1C. The lowest BCUT2D eigenvalue weighted by atomic mass is 9.81. The molecule has 0 bridgehead atoms. The van der Waals surface area contributed by atoms with E-state index in [4.69, 9.17) is 19.9 Å². The summed E-state index contributed by atoms with van der Waals surface area (Å²) in [6, 6.07) is 17.8. The molecule has 0 aliphatic carbocycles. The van der Waals surface area contributed by atoms with Gasteiger partial charge in [0.25, 0.3) is 0 Å². The Morgan fingerprint density at radius 3 is 2.28 bits per heavy atom. The van der Waals surface area contributed by atoms with Gasteiger partial charge in [-0.1, -0.05) is 30.3 Å². The van der Waals surface area contributed by atoms with Crippen LogP contribution in [-0.4, -0.2) is 35.9 Å². The molecule has 3 aromatic rings. The summed E-state index contributed by atoms with van der Waals surface area (Å²) in [6.07, 6.45) is 1.78. The van der Waals surface area contributed by atoms with E-state index < -0.39 is 17.9 Å². The van der Waals surface area contributed by atoms with Crippen molar-refractivity contribution in [2.45, 2.75) is 32.9 Å². The van der Waals surface area contributed by atoms with Gasteiger partial charge in [0.05, 0.1) is 43.5 Å². The molecule has 0 saturated heterocycles. The minimum atomic E-state index is -0.927. The molecule has 1 aliphatic heterocycles. The Balaban J connectivity index is 1.77. The average molecular weight is 528 g/mol. The monoisotopic (exact) mass is 527 g/mol. The Hall–Kier alpha value is -5.04. The van der Waals surface area contributed by atoms with Crippen LogP contribution in [0.5, 0.6) is 5.75 Å². The van der Waals surface area contributed by atoms with Crippen LogP contribution >= 0.6 is 0 Å². The van der Waals surface area contributed by atoms with Crippen LogP contribution < -0.4 is 15.4 Å². The molecule has 0 spiro atoms. The fraction of sp³-hybridized carbons (Fsp3) is 0.241. The van der Waals surface area contributed by atoms with Crippen LogP contribution in [0.2, 0.25) is 0 Å². The Morgan fingerprint density at radius 2 is 1.72 bits per heavy atom. The zero-order chi connectivity index (χ0) is 28.1. The number of nitrogens with two attached hydrogens (primary N) is 1. The largest absolute Gasteiger partial charge is 0.489 e. The molecule has 1 unspecified atom stereocenters. The van der Waals surface area contributed by atoms with E-state index in [9.17, 15) is 14.9 Å². The number of nitriles is 1. The first kappa shape index (κ1) is 27.0. The average Bonchev–Trinajstić information content (AvgIpc) is 3.34. The Bertz CT molecular complexity index is 1480. The zero-order valence-corrected chi connectivity index (χ0v) is 22.2. The van der Waals surface area contributed by atoms with Crippen molar-refractivity contribution < 1.29 is 23.8 Å². The van der Waals surface area contributed by atoms with Gasteiger partial charge >= 0.3 is 11.9 Å². The van der Waals surface area contributed by atoms with E-state index in [1.54, 1.807) is 60.8 Å². The summed E-state index contributed by atoms with van der Waals surface area (Å²) in [6.45, 7) is 5.10. The molecule has 0 amide bonds. The maximum absolute atomic E-state index is 13.2. The van der Waals surface area contributed by atoms with Crippen molar-refractivity contribution in [2.75, 3.05) is 19.1 Å². The number of nitrogens with zero attached hydrogens (tertiary/aromatic N) is 4. The highest BCUT2D eigenvalue weighted by atomic mass is 16.5. The summed E-state index contributed by atoms with van der Waals surface area (Å²) < 4.78 is 18.0. The summed E-state index contributed by atoms with van der Waals surface area (Å²) in [4.78, 5) is 27.6. The molecule has 2 heterocycles. The summed E-state index contributed by atoms with van der Waals surface area (Å²) in [5.41, 5.74) is 9.47. The van der Waals surface area contributed by atoms with Gasteiger partial charge in [-0.2, -0.15) is 10.4 Å². The third-order valence-electron chi connectivity index (χ3n) is 6.60. The standard InChI is InChI=1S/C29H29N5O5/c1-5-33-18(2)20(16-32-33)17-39-22-13-11-21(12-14-22)34-26(29(36)38-4)25(28(35)37-3)24(23(15-30)27(34)31)19-9-7-6-8-10-19/h6-14,16,24H,5,17,31H2,1-4H3. The Labute approximate surface area is 226 Å². The number of hydrogen-bond acceptors (Lipinski definition) is 9. The number of hydrogen-bond donors (Lipinski definition) is 1. The fourth-order valence-corrected chi connectivity index (χ4v) is 4.58. The second-order valence-electron chi connectivity index (χ2n) is 8.69. The molecule has 0 fully saturated rings. The van der Waals surface area contributed by atoms with E-state index in [0.29, 0.717) is 23.6 Å². The number of esters is 2. The van der Waals surface area contributed by atoms with E-state index >= 15 is 0 Å². The second kappa shape index (κ2) is 11.6. The third-order valence-corrected chi connectivity index (χ3v) is 6.60. The molecule has 1 aliphatic rings. The Morgan fingerprint density at radius 1 is 1.05 bits per heavy atom. The number of methoxy groups -OCH3 is 2. The topological polar surface area (TPSA) is 133 Å². The quantitative estimate of drug-likeness (QED) is 0.436. The molecule has 1 aromatic heterocycles. The van der Waals surface area contributed by atoms with E-state index in [1.807, 2.05) is 18.5 Å². The third kappa shape index (κ3) is 5.07. The van der Waals surface area contributed by atoms with Crippen LogP contribution in [-0.2, 0) is 32.2 Å². The van der Waals surface area contributed by atoms with Crippen molar-refractivity contribution in [3.63, 3.8) is 0 Å². The Kier molecular flexibility index (Phi) is 8.01. The van der Waals surface area contributed by atoms with E-state index in [2.05, 4.69) is 11.2 Å². The van der Waals surface area contributed by atoms with Gasteiger partial charge in [0.1, 0.15) is 23.9 Å². The number of ether oxygens (including phenoxy) is 3. The number of benzene rings is 2. The molecule has 0 radical (unpaired) electrons. The fourth-order valence-electron chi connectivity index (χ4n) is 4.58. The van der Waals surface area contributed by atoms with Crippen molar-refractivity contribution in [3.05, 3.63) is 100 Å². The van der Waals surface area contributed by atoms with Crippen LogP contribution in [0.4, 0.5) is 5.69 Å². The van der Waals surface area contributed by atoms with Crippen molar-refractivity contribution >= 4 is 17.6 Å². The summed E-state index contributed by atoms with van der Waals surface area (Å²) >= 11 is 0. The summed E-state index contributed by atoms with van der Waals surface area (Å²) in [7, 11) is 2.42. The van der Waals surface area contributed by atoms with E-state index in [-0.39, 0.29) is 22.7 Å². The lowest BCUT2D eigenvalue weighted by molar-refractivity contribution is -0.139. The smallest absolute Gasteiger partial charge is 0.355 e. The predicted molar refractivity (Wildman–Crippen MR) is 143 cm³/mol. The van der Waals surface area contributed by atoms with Crippen LogP contribution in [0.15, 0.2) is 83.5 Å². The molecule has 2 N–H and O–H groups in total. The normalized spacial score (nSPS) is 15.2. The first-order chi connectivity index (χ1) is 18.9. The van der Waals surface area contributed by atoms with Gasteiger partial charge in [0, 0.05) is 23.5 Å². The van der Waals surface area contributed by atoms with Crippen LogP contribution in [0.3, 0.4) is 0 Å². The molecular formula is C29H29N5O5. The lowest BCUT2D eigenvalue weighted by Gasteiger charge is -2.35. The molecular weight excluding hydrogens is 498 g/mol. The predicted octanol–water partition coefficient (Wildman–Crippen LogP) is 3.69. The number of carbonyl (C=O) groups excluding carboxylic acids is 2. The van der Waals surface area contributed by atoms with Gasteiger partial charge in [0.2, 0.25) is 0 Å². The molecule has 10 heteroatoms. The van der Waals surface area contributed by atoms with Crippen molar-refractivity contribution in [2.24, 2.45) is 5.73 Å². The maximum atomic E-state index is 13.2. The van der Waals surface area contributed by atoms with Gasteiger partial charge in [-0.3, -0.25) is 9.58 Å². The zero-order valence-electron chi connectivity index (χ0n) is 22.2. The number of carbonyl (C=O) groups is 2. The van der Waals surface area contributed by atoms with Gasteiger partial charge < -0.3 is 19.9 Å². The van der Waals surface area contributed by atoms with Crippen LogP contribution in [0.25, 0.3) is 0 Å². The van der Waals surface area contributed by atoms with E-state index in [1.165, 1.54) is 19.1 Å². The van der Waals surface area contributed by atoms with Crippen molar-refractivity contribution in [3.8, 4) is 11.8 Å². The number of allylic oxidation sites excluding steroid dienone is 1. The highest BCUT2D eigenvalue weighted by molar-refractivity contribution is 6.06. The molecule has 4 rings (SSSR count).